The molecular formula is C24H24O4. The van der Waals surface area contributed by atoms with Gasteiger partial charge >= 0.3 is 5.97 Å². The quantitative estimate of drug-likeness (QED) is 0.509. The van der Waals surface area contributed by atoms with Crippen LogP contribution in [0.3, 0.4) is 0 Å². The molecule has 0 aliphatic rings. The lowest BCUT2D eigenvalue weighted by molar-refractivity contribution is -0.160. The molecule has 0 fully saturated rings. The first-order chi connectivity index (χ1) is 13.5. The highest BCUT2D eigenvalue weighted by molar-refractivity contribution is 5.79. The van der Waals surface area contributed by atoms with Crippen LogP contribution >= 0.6 is 0 Å². The molecule has 0 saturated heterocycles. The Bertz CT molecular complexity index is 871. The van der Waals surface area contributed by atoms with Crippen LogP contribution in [0.1, 0.15) is 25.0 Å². The highest BCUT2D eigenvalue weighted by atomic mass is 16.6. The highest BCUT2D eigenvalue weighted by Crippen LogP contribution is 2.23. The van der Waals surface area contributed by atoms with Gasteiger partial charge in [0.05, 0.1) is 0 Å². The second-order valence-electron chi connectivity index (χ2n) is 6.92. The van der Waals surface area contributed by atoms with Crippen LogP contribution in [0.15, 0.2) is 84.9 Å². The number of esters is 1. The molecule has 4 heteroatoms. The monoisotopic (exact) mass is 376 g/mol. The van der Waals surface area contributed by atoms with Gasteiger partial charge in [-0.3, -0.25) is 0 Å². The van der Waals surface area contributed by atoms with Gasteiger partial charge in [-0.25, -0.2) is 4.79 Å². The number of benzene rings is 3. The maximum atomic E-state index is 12.4. The molecule has 0 aromatic heterocycles. The largest absolute Gasteiger partial charge is 0.489 e. The summed E-state index contributed by atoms with van der Waals surface area (Å²) in [6.07, 6.45) is 0. The van der Waals surface area contributed by atoms with Gasteiger partial charge in [-0.1, -0.05) is 60.7 Å². The molecule has 144 valence electrons. The second kappa shape index (κ2) is 9.09. The van der Waals surface area contributed by atoms with Crippen LogP contribution in [0.25, 0.3) is 0 Å². The van der Waals surface area contributed by atoms with Gasteiger partial charge in [0.25, 0.3) is 0 Å². The van der Waals surface area contributed by atoms with Crippen LogP contribution in [-0.4, -0.2) is 11.6 Å². The van der Waals surface area contributed by atoms with Crippen LogP contribution in [0.4, 0.5) is 0 Å². The molecule has 0 aliphatic heterocycles. The summed E-state index contributed by atoms with van der Waals surface area (Å²) >= 11 is 0. The van der Waals surface area contributed by atoms with Gasteiger partial charge < -0.3 is 14.2 Å². The van der Waals surface area contributed by atoms with Gasteiger partial charge in [0, 0.05) is 0 Å². The summed E-state index contributed by atoms with van der Waals surface area (Å²) in [5.41, 5.74) is 0.943. The van der Waals surface area contributed by atoms with Crippen LogP contribution < -0.4 is 9.47 Å². The summed E-state index contributed by atoms with van der Waals surface area (Å²) in [6.45, 7) is 4.11. The Morgan fingerprint density at radius 2 is 1.21 bits per heavy atom. The third-order valence-electron chi connectivity index (χ3n) is 4.15. The molecule has 0 unspecified atom stereocenters. The minimum atomic E-state index is -1.10. The lowest BCUT2D eigenvalue weighted by Crippen LogP contribution is -2.39. The van der Waals surface area contributed by atoms with E-state index in [0.717, 1.165) is 16.9 Å². The third-order valence-corrected chi connectivity index (χ3v) is 4.15. The number of ether oxygens (including phenoxy) is 3. The van der Waals surface area contributed by atoms with Crippen LogP contribution in [0, 0.1) is 0 Å². The number of carbonyl (C=O) groups is 1. The average molecular weight is 376 g/mol. The third kappa shape index (κ3) is 5.61. The summed E-state index contributed by atoms with van der Waals surface area (Å²) in [5, 5.41) is 0. The zero-order valence-corrected chi connectivity index (χ0v) is 16.1. The normalized spacial score (nSPS) is 10.9. The van der Waals surface area contributed by atoms with E-state index >= 15 is 0 Å². The summed E-state index contributed by atoms with van der Waals surface area (Å²) in [5.74, 6) is 0.898. The van der Waals surface area contributed by atoms with Crippen molar-refractivity contribution in [2.75, 3.05) is 0 Å². The maximum absolute atomic E-state index is 12.4. The van der Waals surface area contributed by atoms with Crippen molar-refractivity contribution in [1.29, 1.82) is 0 Å². The molecule has 3 rings (SSSR count). The Kier molecular flexibility index (Phi) is 6.33. The van der Waals surface area contributed by atoms with E-state index in [1.165, 1.54) is 0 Å². The fourth-order valence-electron chi connectivity index (χ4n) is 2.58. The first-order valence-corrected chi connectivity index (χ1v) is 9.20. The molecule has 0 radical (unpaired) electrons. The first-order valence-electron chi connectivity index (χ1n) is 9.20. The molecule has 3 aromatic rings. The van der Waals surface area contributed by atoms with Gasteiger partial charge in [0.15, 0.2) is 5.60 Å². The summed E-state index contributed by atoms with van der Waals surface area (Å²) in [6, 6.07) is 26.7. The van der Waals surface area contributed by atoms with Crippen LogP contribution in [0.5, 0.6) is 11.5 Å². The molecular weight excluding hydrogens is 352 g/mol. The van der Waals surface area contributed by atoms with E-state index in [2.05, 4.69) is 0 Å². The summed E-state index contributed by atoms with van der Waals surface area (Å²) < 4.78 is 17.0. The summed E-state index contributed by atoms with van der Waals surface area (Å²) in [7, 11) is 0. The van der Waals surface area contributed by atoms with Crippen molar-refractivity contribution in [3.63, 3.8) is 0 Å². The molecule has 0 amide bonds. The molecule has 0 N–H and O–H groups in total. The average Bonchev–Trinajstić information content (AvgIpc) is 2.73. The van der Waals surface area contributed by atoms with E-state index < -0.39 is 11.6 Å². The van der Waals surface area contributed by atoms with Crippen molar-refractivity contribution in [1.82, 2.24) is 0 Å². The Hall–Kier alpha value is -3.27. The molecule has 0 heterocycles. The number of carbonyl (C=O) groups excluding carboxylic acids is 1. The van der Waals surface area contributed by atoms with E-state index in [-0.39, 0.29) is 6.61 Å². The number of hydrogen-bond acceptors (Lipinski definition) is 4. The van der Waals surface area contributed by atoms with E-state index in [4.69, 9.17) is 14.2 Å². The smallest absolute Gasteiger partial charge is 0.350 e. The SMILES string of the molecule is CC(C)(Oc1ccc(OCc2ccccc2)cc1)C(=O)OCc1ccccc1. The highest BCUT2D eigenvalue weighted by Gasteiger charge is 2.31. The van der Waals surface area contributed by atoms with Crippen molar-refractivity contribution in [3.05, 3.63) is 96.1 Å². The van der Waals surface area contributed by atoms with Gasteiger partial charge in [-0.05, 0) is 49.2 Å². The Labute approximate surface area is 165 Å². The van der Waals surface area contributed by atoms with E-state index in [1.54, 1.807) is 26.0 Å². The second-order valence-corrected chi connectivity index (χ2v) is 6.92. The lowest BCUT2D eigenvalue weighted by Gasteiger charge is -2.24. The topological polar surface area (TPSA) is 44.8 Å². The minimum Gasteiger partial charge on any atom is -0.489 e. The summed E-state index contributed by atoms with van der Waals surface area (Å²) in [4.78, 5) is 12.4. The van der Waals surface area contributed by atoms with E-state index in [0.29, 0.717) is 12.4 Å². The van der Waals surface area contributed by atoms with Crippen LogP contribution in [-0.2, 0) is 22.7 Å². The Balaban J connectivity index is 1.52. The predicted molar refractivity (Wildman–Crippen MR) is 108 cm³/mol. The maximum Gasteiger partial charge on any atom is 0.350 e. The molecule has 0 saturated carbocycles. The van der Waals surface area contributed by atoms with Crippen molar-refractivity contribution < 1.29 is 19.0 Å². The number of rotatable bonds is 8. The molecule has 28 heavy (non-hydrogen) atoms. The first kappa shape index (κ1) is 19.5. The molecule has 4 nitrogen and oxygen atoms in total. The lowest BCUT2D eigenvalue weighted by atomic mass is 10.1. The van der Waals surface area contributed by atoms with Crippen molar-refractivity contribution in [2.24, 2.45) is 0 Å². The van der Waals surface area contributed by atoms with Crippen molar-refractivity contribution >= 4 is 5.97 Å². The minimum absolute atomic E-state index is 0.221. The van der Waals surface area contributed by atoms with Crippen molar-refractivity contribution in [3.8, 4) is 11.5 Å². The van der Waals surface area contributed by atoms with Gasteiger partial charge in [0.1, 0.15) is 24.7 Å². The van der Waals surface area contributed by atoms with Crippen LogP contribution in [0.2, 0.25) is 0 Å². The van der Waals surface area contributed by atoms with Crippen molar-refractivity contribution in [2.45, 2.75) is 32.7 Å². The zero-order valence-electron chi connectivity index (χ0n) is 16.1. The zero-order chi connectivity index (χ0) is 19.8. The molecule has 0 spiro atoms. The number of hydrogen-bond donors (Lipinski definition) is 0. The Morgan fingerprint density at radius 3 is 1.79 bits per heavy atom. The molecule has 3 aromatic carbocycles. The molecule has 0 aliphatic carbocycles. The van der Waals surface area contributed by atoms with Gasteiger partial charge in [0.2, 0.25) is 0 Å². The molecule has 0 atom stereocenters. The predicted octanol–water partition coefficient (Wildman–Crippen LogP) is 5.17. The van der Waals surface area contributed by atoms with E-state index in [9.17, 15) is 4.79 Å². The Morgan fingerprint density at radius 1 is 0.714 bits per heavy atom. The van der Waals surface area contributed by atoms with E-state index in [1.807, 2.05) is 72.8 Å². The van der Waals surface area contributed by atoms with Gasteiger partial charge in [-0.2, -0.15) is 0 Å². The fourth-order valence-corrected chi connectivity index (χ4v) is 2.58. The fraction of sp³-hybridized carbons (Fsp3) is 0.208. The molecule has 0 bridgehead atoms. The standard InChI is InChI=1S/C24H24O4/c1-24(2,23(25)27-18-20-11-7-4-8-12-20)28-22-15-13-21(14-16-22)26-17-19-9-5-3-6-10-19/h3-16H,17-18H2,1-2H3. The van der Waals surface area contributed by atoms with Gasteiger partial charge in [-0.15, -0.1) is 0 Å².